The molecular weight excluding hydrogens is 296 g/mol. The summed E-state index contributed by atoms with van der Waals surface area (Å²) in [6.45, 7) is 1.94. The average Bonchev–Trinajstić information content (AvgIpc) is 2.93. The highest BCUT2D eigenvalue weighted by Gasteiger charge is 2.56. The molecule has 0 radical (unpaired) electrons. The summed E-state index contributed by atoms with van der Waals surface area (Å²) in [6, 6.07) is 9.49. The van der Waals surface area contributed by atoms with Crippen molar-refractivity contribution in [2.75, 3.05) is 14.2 Å². The lowest BCUT2D eigenvalue weighted by Crippen LogP contribution is -2.39. The van der Waals surface area contributed by atoms with Gasteiger partial charge in [0, 0.05) is 18.4 Å². The molecule has 1 aromatic rings. The van der Waals surface area contributed by atoms with E-state index in [1.54, 1.807) is 0 Å². The van der Waals surface area contributed by atoms with Crippen molar-refractivity contribution in [3.63, 3.8) is 0 Å². The fourth-order valence-electron chi connectivity index (χ4n) is 3.11. The molecule has 1 fully saturated rings. The fourth-order valence-corrected chi connectivity index (χ4v) is 3.11. The Hall–Kier alpha value is -2.43. The molecule has 1 aromatic carbocycles. The van der Waals surface area contributed by atoms with Gasteiger partial charge in [-0.05, 0) is 17.6 Å². The molecule has 0 spiro atoms. The molecule has 0 saturated heterocycles. The number of methoxy groups -OCH3 is 2. The van der Waals surface area contributed by atoms with Crippen LogP contribution in [0.4, 0.5) is 0 Å². The molecule has 1 aliphatic rings. The van der Waals surface area contributed by atoms with Crippen LogP contribution in [-0.2, 0) is 23.9 Å². The van der Waals surface area contributed by atoms with Crippen molar-refractivity contribution in [3.05, 3.63) is 41.5 Å². The maximum Gasteiger partial charge on any atom is 0.324 e. The Bertz CT molecular complexity index is 641. The smallest absolute Gasteiger partial charge is 0.324 e. The number of Topliss-reactive ketones (excluding diaryl/α,β-unsaturated/α-hetero) is 1. The average molecular weight is 316 g/mol. The predicted octanol–water partition coefficient (Wildman–Crippen LogP) is 2.55. The fraction of sp³-hybridized carbons (Fsp3) is 0.389. The summed E-state index contributed by atoms with van der Waals surface area (Å²) in [5.41, 5.74) is 0.717. The van der Waals surface area contributed by atoms with Gasteiger partial charge in [0.25, 0.3) is 0 Å². The zero-order valence-corrected chi connectivity index (χ0v) is 13.5. The number of ether oxygens (including phenoxy) is 2. The minimum Gasteiger partial charge on any atom is -0.468 e. The number of hydrogen-bond acceptors (Lipinski definition) is 5. The predicted molar refractivity (Wildman–Crippen MR) is 84.4 cm³/mol. The first kappa shape index (κ1) is 16.9. The second-order valence-electron chi connectivity index (χ2n) is 5.52. The maximum absolute atomic E-state index is 12.5. The molecule has 0 aromatic heterocycles. The quantitative estimate of drug-likeness (QED) is 0.485. The summed E-state index contributed by atoms with van der Waals surface area (Å²) in [6.07, 6.45) is 0.435. The van der Waals surface area contributed by atoms with Gasteiger partial charge in [0.15, 0.2) is 11.2 Å². The van der Waals surface area contributed by atoms with Crippen LogP contribution >= 0.6 is 0 Å². The number of carbonyl (C=O) groups is 3. The normalized spacial score (nSPS) is 18.5. The van der Waals surface area contributed by atoms with Crippen LogP contribution in [0.1, 0.15) is 31.7 Å². The molecule has 0 unspecified atom stereocenters. The van der Waals surface area contributed by atoms with E-state index in [2.05, 4.69) is 0 Å². The summed E-state index contributed by atoms with van der Waals surface area (Å²) in [5.74, 6) is -1.66. The first-order valence-corrected chi connectivity index (χ1v) is 7.47. The van der Waals surface area contributed by atoms with Gasteiger partial charge in [-0.2, -0.15) is 0 Å². The first-order chi connectivity index (χ1) is 11.0. The van der Waals surface area contributed by atoms with Crippen molar-refractivity contribution in [3.8, 4) is 0 Å². The van der Waals surface area contributed by atoms with Gasteiger partial charge in [-0.15, -0.1) is 0 Å². The summed E-state index contributed by atoms with van der Waals surface area (Å²) in [5, 5.41) is 0. The van der Waals surface area contributed by atoms with E-state index in [1.807, 2.05) is 37.3 Å². The zero-order valence-electron chi connectivity index (χ0n) is 13.5. The van der Waals surface area contributed by atoms with Crippen LogP contribution in [0, 0.1) is 5.41 Å². The highest BCUT2D eigenvalue weighted by Crippen LogP contribution is 2.44. The van der Waals surface area contributed by atoms with Gasteiger partial charge < -0.3 is 9.47 Å². The van der Waals surface area contributed by atoms with Crippen LogP contribution in [0.15, 0.2) is 35.9 Å². The van der Waals surface area contributed by atoms with Crippen LogP contribution in [0.3, 0.4) is 0 Å². The van der Waals surface area contributed by atoms with Gasteiger partial charge in [0.05, 0.1) is 14.2 Å². The molecule has 23 heavy (non-hydrogen) atoms. The van der Waals surface area contributed by atoms with E-state index < -0.39 is 17.4 Å². The third-order valence-electron chi connectivity index (χ3n) is 4.27. The molecule has 0 N–H and O–H groups in total. The Kier molecular flexibility index (Phi) is 4.98. The van der Waals surface area contributed by atoms with Crippen LogP contribution in [0.2, 0.25) is 0 Å². The van der Waals surface area contributed by atoms with Gasteiger partial charge in [-0.25, -0.2) is 0 Å². The maximum atomic E-state index is 12.5. The van der Waals surface area contributed by atoms with Gasteiger partial charge in [0.2, 0.25) is 0 Å². The second kappa shape index (κ2) is 6.77. The Balaban J connectivity index is 2.54. The second-order valence-corrected chi connectivity index (χ2v) is 5.52. The van der Waals surface area contributed by atoms with E-state index in [4.69, 9.17) is 9.47 Å². The number of ketones is 1. The van der Waals surface area contributed by atoms with E-state index in [9.17, 15) is 14.4 Å². The molecule has 2 rings (SSSR count). The molecule has 0 aliphatic heterocycles. The zero-order chi connectivity index (χ0) is 17.0. The van der Waals surface area contributed by atoms with Crippen molar-refractivity contribution >= 4 is 23.3 Å². The van der Waals surface area contributed by atoms with Gasteiger partial charge in [0.1, 0.15) is 0 Å². The van der Waals surface area contributed by atoms with Crippen molar-refractivity contribution in [1.29, 1.82) is 0 Å². The monoisotopic (exact) mass is 316 g/mol. The molecule has 122 valence electrons. The molecule has 0 bridgehead atoms. The molecule has 1 saturated carbocycles. The lowest BCUT2D eigenvalue weighted by atomic mass is 9.85. The lowest BCUT2D eigenvalue weighted by molar-refractivity contribution is -0.169. The van der Waals surface area contributed by atoms with Gasteiger partial charge >= 0.3 is 11.9 Å². The van der Waals surface area contributed by atoms with Crippen molar-refractivity contribution in [1.82, 2.24) is 0 Å². The molecule has 0 amide bonds. The van der Waals surface area contributed by atoms with E-state index in [0.29, 0.717) is 12.0 Å². The number of carbonyl (C=O) groups excluding carboxylic acids is 3. The van der Waals surface area contributed by atoms with Gasteiger partial charge in [-0.1, -0.05) is 37.3 Å². The van der Waals surface area contributed by atoms with Crippen LogP contribution in [-0.4, -0.2) is 31.9 Å². The van der Waals surface area contributed by atoms with E-state index in [0.717, 1.165) is 11.1 Å². The Morgan fingerprint density at radius 1 is 1.04 bits per heavy atom. The van der Waals surface area contributed by atoms with E-state index >= 15 is 0 Å². The third-order valence-corrected chi connectivity index (χ3v) is 4.27. The number of allylic oxidation sites excluding steroid dienone is 2. The van der Waals surface area contributed by atoms with Crippen LogP contribution in [0.25, 0.3) is 5.57 Å². The Morgan fingerprint density at radius 3 is 2.09 bits per heavy atom. The van der Waals surface area contributed by atoms with Crippen LogP contribution < -0.4 is 0 Å². The van der Waals surface area contributed by atoms with Gasteiger partial charge in [-0.3, -0.25) is 14.4 Å². The topological polar surface area (TPSA) is 69.7 Å². The highest BCUT2D eigenvalue weighted by atomic mass is 16.5. The van der Waals surface area contributed by atoms with E-state index in [-0.39, 0.29) is 18.6 Å². The SMILES string of the molecule is CC/C(=C1\CC(C(=O)OC)(C(=O)OC)CC1=O)c1ccccc1. The van der Waals surface area contributed by atoms with E-state index in [1.165, 1.54) is 14.2 Å². The third kappa shape index (κ3) is 2.91. The molecule has 0 atom stereocenters. The molecule has 5 heteroatoms. The standard InChI is InChI=1S/C18H20O5/c1-4-13(12-8-6-5-7-9-12)14-10-18(11-15(14)19,16(20)22-2)17(21)23-3/h5-9H,4,10-11H2,1-3H3/b14-13-. The molecule has 1 aliphatic carbocycles. The minimum atomic E-state index is -1.56. The number of benzene rings is 1. The highest BCUT2D eigenvalue weighted by molar-refractivity contribution is 6.15. The summed E-state index contributed by atoms with van der Waals surface area (Å²) in [4.78, 5) is 36.9. The molecule has 5 nitrogen and oxygen atoms in total. The first-order valence-electron chi connectivity index (χ1n) is 7.47. The number of rotatable bonds is 4. The molecule has 0 heterocycles. The summed E-state index contributed by atoms with van der Waals surface area (Å²) < 4.78 is 9.52. The summed E-state index contributed by atoms with van der Waals surface area (Å²) in [7, 11) is 2.41. The molecular formula is C18H20O5. The Morgan fingerprint density at radius 2 is 1.61 bits per heavy atom. The lowest BCUT2D eigenvalue weighted by Gasteiger charge is -2.21. The van der Waals surface area contributed by atoms with Crippen molar-refractivity contribution in [2.45, 2.75) is 26.2 Å². The van der Waals surface area contributed by atoms with Crippen LogP contribution in [0.5, 0.6) is 0 Å². The Labute approximate surface area is 135 Å². The number of esters is 2. The minimum absolute atomic E-state index is 0.0171. The van der Waals surface area contributed by atoms with Crippen molar-refractivity contribution in [2.24, 2.45) is 5.41 Å². The summed E-state index contributed by atoms with van der Waals surface area (Å²) >= 11 is 0. The number of hydrogen-bond donors (Lipinski definition) is 0. The van der Waals surface area contributed by atoms with Crippen molar-refractivity contribution < 1.29 is 23.9 Å². The largest absolute Gasteiger partial charge is 0.468 e.